The number of nitrogens with one attached hydrogen (secondary N) is 1. The predicted octanol–water partition coefficient (Wildman–Crippen LogP) is 4.76. The molecule has 0 saturated carbocycles. The standard InChI is InChI=1S/C18H13BrCl2N4O/c19-15-4-2-1-3-12(15)10-22-23-18(26)17-7-8-25(24-17)11-13-5-6-14(20)9-16(13)21/h1-10H,11H2,(H,23,26)/b22-10-. The molecular weight excluding hydrogens is 439 g/mol. The number of carbonyl (C=O) groups is 1. The highest BCUT2D eigenvalue weighted by atomic mass is 79.9. The van der Waals surface area contributed by atoms with Crippen molar-refractivity contribution in [3.05, 3.63) is 86.1 Å². The van der Waals surface area contributed by atoms with Crippen molar-refractivity contribution in [3.63, 3.8) is 0 Å². The summed E-state index contributed by atoms with van der Waals surface area (Å²) in [6, 6.07) is 14.4. The lowest BCUT2D eigenvalue weighted by atomic mass is 10.2. The number of hydrazone groups is 1. The number of halogens is 3. The lowest BCUT2D eigenvalue weighted by molar-refractivity contribution is 0.0949. The van der Waals surface area contributed by atoms with Gasteiger partial charge in [-0.05, 0) is 29.8 Å². The van der Waals surface area contributed by atoms with Crippen LogP contribution in [0, 0.1) is 0 Å². The number of hydrogen-bond donors (Lipinski definition) is 1. The van der Waals surface area contributed by atoms with Crippen LogP contribution in [0.1, 0.15) is 21.6 Å². The van der Waals surface area contributed by atoms with E-state index in [4.69, 9.17) is 23.2 Å². The molecule has 1 amide bonds. The molecule has 2 aromatic carbocycles. The largest absolute Gasteiger partial charge is 0.291 e. The van der Waals surface area contributed by atoms with Crippen molar-refractivity contribution >= 4 is 51.3 Å². The maximum Gasteiger partial charge on any atom is 0.291 e. The third-order valence-corrected chi connectivity index (χ3v) is 4.80. The van der Waals surface area contributed by atoms with Crippen molar-refractivity contribution in [2.24, 2.45) is 5.10 Å². The van der Waals surface area contributed by atoms with Crippen molar-refractivity contribution in [3.8, 4) is 0 Å². The summed E-state index contributed by atoms with van der Waals surface area (Å²) in [5.74, 6) is -0.394. The summed E-state index contributed by atoms with van der Waals surface area (Å²) in [7, 11) is 0. The number of amides is 1. The highest BCUT2D eigenvalue weighted by Gasteiger charge is 2.10. The van der Waals surface area contributed by atoms with Crippen LogP contribution in [0.3, 0.4) is 0 Å². The Labute approximate surface area is 168 Å². The van der Waals surface area contributed by atoms with Crippen molar-refractivity contribution in [2.45, 2.75) is 6.54 Å². The van der Waals surface area contributed by atoms with E-state index in [0.717, 1.165) is 15.6 Å². The van der Waals surface area contributed by atoms with E-state index < -0.39 is 5.91 Å². The zero-order chi connectivity index (χ0) is 18.5. The number of hydrogen-bond acceptors (Lipinski definition) is 3. The van der Waals surface area contributed by atoms with Crippen LogP contribution in [0.4, 0.5) is 0 Å². The first kappa shape index (κ1) is 18.6. The Bertz CT molecular complexity index is 971. The number of aromatic nitrogens is 2. The van der Waals surface area contributed by atoms with E-state index in [2.05, 4.69) is 31.6 Å². The van der Waals surface area contributed by atoms with Gasteiger partial charge in [0.2, 0.25) is 0 Å². The molecule has 0 aliphatic rings. The molecule has 0 bridgehead atoms. The molecule has 8 heteroatoms. The molecule has 0 spiro atoms. The van der Waals surface area contributed by atoms with Crippen molar-refractivity contribution in [1.29, 1.82) is 0 Å². The molecule has 1 aromatic heterocycles. The van der Waals surface area contributed by atoms with Crippen LogP contribution < -0.4 is 5.43 Å². The molecular formula is C18H13BrCl2N4O. The SMILES string of the molecule is O=C(N/N=C\c1ccccc1Br)c1ccn(Cc2ccc(Cl)cc2Cl)n1. The topological polar surface area (TPSA) is 59.3 Å². The molecule has 1 heterocycles. The third-order valence-electron chi connectivity index (χ3n) is 3.50. The first-order valence-corrected chi connectivity index (χ1v) is 9.13. The minimum absolute atomic E-state index is 0.263. The second kappa shape index (κ2) is 8.49. The van der Waals surface area contributed by atoms with Gasteiger partial charge < -0.3 is 0 Å². The number of nitrogens with zero attached hydrogens (tertiary/aromatic N) is 3. The number of benzene rings is 2. The molecule has 132 valence electrons. The minimum atomic E-state index is -0.394. The smallest absolute Gasteiger partial charge is 0.267 e. The quantitative estimate of drug-likeness (QED) is 0.448. The molecule has 1 N–H and O–H groups in total. The normalized spacial score (nSPS) is 11.0. The van der Waals surface area contributed by atoms with Crippen LogP contribution in [0.25, 0.3) is 0 Å². The lowest BCUT2D eigenvalue weighted by Gasteiger charge is -2.05. The summed E-state index contributed by atoms with van der Waals surface area (Å²) in [6.45, 7) is 0.434. The highest BCUT2D eigenvalue weighted by Crippen LogP contribution is 2.21. The van der Waals surface area contributed by atoms with Gasteiger partial charge in [0.25, 0.3) is 5.91 Å². The van der Waals surface area contributed by atoms with Gasteiger partial charge in [-0.2, -0.15) is 10.2 Å². The van der Waals surface area contributed by atoms with Crippen molar-refractivity contribution < 1.29 is 4.79 Å². The average molecular weight is 452 g/mol. The Morgan fingerprint density at radius 1 is 1.23 bits per heavy atom. The Hall–Kier alpha value is -2.15. The Balaban J connectivity index is 1.63. The molecule has 3 rings (SSSR count). The van der Waals surface area contributed by atoms with E-state index in [1.807, 2.05) is 30.3 Å². The Morgan fingerprint density at radius 2 is 2.04 bits per heavy atom. The molecule has 0 aliphatic carbocycles. The monoisotopic (exact) mass is 450 g/mol. The first-order chi connectivity index (χ1) is 12.5. The summed E-state index contributed by atoms with van der Waals surface area (Å²) in [5, 5.41) is 9.32. The van der Waals surface area contributed by atoms with Gasteiger partial charge in [0, 0.05) is 26.3 Å². The summed E-state index contributed by atoms with van der Waals surface area (Å²) < 4.78 is 2.52. The summed E-state index contributed by atoms with van der Waals surface area (Å²) in [4.78, 5) is 12.1. The van der Waals surface area contributed by atoms with Crippen LogP contribution in [0.2, 0.25) is 10.0 Å². The molecule has 0 unspecified atom stereocenters. The summed E-state index contributed by atoms with van der Waals surface area (Å²) >= 11 is 15.5. The van der Waals surface area contributed by atoms with Gasteiger partial charge in [-0.25, -0.2) is 5.43 Å². The van der Waals surface area contributed by atoms with Crippen LogP contribution >= 0.6 is 39.1 Å². The maximum atomic E-state index is 12.1. The second-order valence-electron chi connectivity index (χ2n) is 5.35. The molecule has 0 saturated heterocycles. The Kier molecular flexibility index (Phi) is 6.08. The fourth-order valence-corrected chi connectivity index (χ4v) is 3.05. The molecule has 0 fully saturated rings. The highest BCUT2D eigenvalue weighted by molar-refractivity contribution is 9.10. The lowest BCUT2D eigenvalue weighted by Crippen LogP contribution is -2.18. The van der Waals surface area contributed by atoms with Gasteiger partial charge in [0.15, 0.2) is 5.69 Å². The van der Waals surface area contributed by atoms with E-state index >= 15 is 0 Å². The number of rotatable bonds is 5. The van der Waals surface area contributed by atoms with Gasteiger partial charge in [-0.3, -0.25) is 9.48 Å². The predicted molar refractivity (Wildman–Crippen MR) is 107 cm³/mol. The van der Waals surface area contributed by atoms with Gasteiger partial charge in [0.05, 0.1) is 12.8 Å². The van der Waals surface area contributed by atoms with Crippen molar-refractivity contribution in [2.75, 3.05) is 0 Å². The van der Waals surface area contributed by atoms with Gasteiger partial charge in [-0.15, -0.1) is 0 Å². The molecule has 3 aromatic rings. The van der Waals surface area contributed by atoms with E-state index in [1.54, 1.807) is 35.3 Å². The fraction of sp³-hybridized carbons (Fsp3) is 0.0556. The minimum Gasteiger partial charge on any atom is -0.267 e. The molecule has 26 heavy (non-hydrogen) atoms. The van der Waals surface area contributed by atoms with Crippen LogP contribution in [0.5, 0.6) is 0 Å². The molecule has 0 radical (unpaired) electrons. The fourth-order valence-electron chi connectivity index (χ4n) is 2.19. The van der Waals surface area contributed by atoms with Gasteiger partial charge in [0.1, 0.15) is 0 Å². The third kappa shape index (κ3) is 4.72. The van der Waals surface area contributed by atoms with E-state index in [0.29, 0.717) is 16.6 Å². The van der Waals surface area contributed by atoms with Crippen LogP contribution in [0.15, 0.2) is 64.3 Å². The molecule has 5 nitrogen and oxygen atoms in total. The van der Waals surface area contributed by atoms with Crippen LogP contribution in [-0.4, -0.2) is 21.9 Å². The average Bonchev–Trinajstić information content (AvgIpc) is 3.08. The second-order valence-corrected chi connectivity index (χ2v) is 7.05. The van der Waals surface area contributed by atoms with E-state index in [-0.39, 0.29) is 5.69 Å². The number of carbonyl (C=O) groups excluding carboxylic acids is 1. The van der Waals surface area contributed by atoms with Gasteiger partial charge >= 0.3 is 0 Å². The Morgan fingerprint density at radius 3 is 2.81 bits per heavy atom. The van der Waals surface area contributed by atoms with E-state index in [1.165, 1.54) is 0 Å². The molecule has 0 aliphatic heterocycles. The molecule has 0 atom stereocenters. The van der Waals surface area contributed by atoms with E-state index in [9.17, 15) is 4.79 Å². The van der Waals surface area contributed by atoms with Crippen molar-refractivity contribution in [1.82, 2.24) is 15.2 Å². The summed E-state index contributed by atoms with van der Waals surface area (Å²) in [5.41, 5.74) is 4.44. The zero-order valence-electron chi connectivity index (χ0n) is 13.4. The summed E-state index contributed by atoms with van der Waals surface area (Å²) in [6.07, 6.45) is 3.27. The maximum absolute atomic E-state index is 12.1. The zero-order valence-corrected chi connectivity index (χ0v) is 16.5. The van der Waals surface area contributed by atoms with Crippen LogP contribution in [-0.2, 0) is 6.54 Å². The first-order valence-electron chi connectivity index (χ1n) is 7.58. The van der Waals surface area contributed by atoms with Gasteiger partial charge in [-0.1, -0.05) is 63.4 Å².